The first-order valence-electron chi connectivity index (χ1n) is 31.2. The summed E-state index contributed by atoms with van der Waals surface area (Å²) in [6.07, 6.45) is 0.145. The van der Waals surface area contributed by atoms with Crippen molar-refractivity contribution in [1.29, 1.82) is 5.41 Å². The minimum Gasteiger partial charge on any atom is -0.508 e. The molecule has 98 heavy (non-hydrogen) atoms. The molecule has 10 atom stereocenters. The van der Waals surface area contributed by atoms with Crippen LogP contribution in [0.25, 0.3) is 10.9 Å². The molecule has 12 amide bonds. The van der Waals surface area contributed by atoms with Gasteiger partial charge in [0.15, 0.2) is 5.96 Å². The van der Waals surface area contributed by atoms with Crippen LogP contribution in [0.2, 0.25) is 0 Å². The largest absolute Gasteiger partial charge is 0.508 e. The summed E-state index contributed by atoms with van der Waals surface area (Å²) in [7, 11) is 0. The molecule has 0 aliphatic carbocycles. The van der Waals surface area contributed by atoms with Gasteiger partial charge in [-0.05, 0) is 77.8 Å². The predicted octanol–water partition coefficient (Wildman–Crippen LogP) is -2.76. The zero-order chi connectivity index (χ0) is 72.2. The summed E-state index contributed by atoms with van der Waals surface area (Å²) in [4.78, 5) is 168. The van der Waals surface area contributed by atoms with E-state index in [1.54, 1.807) is 74.6 Å². The van der Waals surface area contributed by atoms with Crippen LogP contribution in [0.1, 0.15) is 68.7 Å². The van der Waals surface area contributed by atoms with E-state index >= 15 is 0 Å². The predicted molar refractivity (Wildman–Crippen MR) is 367 cm³/mol. The highest BCUT2D eigenvalue weighted by Gasteiger charge is 2.37. The van der Waals surface area contributed by atoms with Gasteiger partial charge < -0.3 is 96.0 Å². The molecule has 0 spiro atoms. The normalized spacial score (nSPS) is 14.1. The Kier molecular flexibility index (Phi) is 31.1. The number of hydrogen-bond acceptors (Lipinski definition) is 18. The first-order valence-corrected chi connectivity index (χ1v) is 32.5. The molecule has 4 aromatic carbocycles. The maximum Gasteiger partial charge on any atom is 0.245 e. The fourth-order valence-corrected chi connectivity index (χ4v) is 10.7. The highest BCUT2D eigenvalue weighted by molar-refractivity contribution is 7.80. The Labute approximate surface area is 575 Å². The van der Waals surface area contributed by atoms with Crippen molar-refractivity contribution in [1.82, 2.24) is 63.5 Å². The third-order valence-electron chi connectivity index (χ3n) is 15.2. The van der Waals surface area contributed by atoms with Crippen LogP contribution in [0.3, 0.4) is 0 Å². The number of phenols is 2. The molecule has 5 aromatic rings. The number of nitrogens with two attached hydrogens (primary N) is 3. The number of aliphatic hydroxyl groups is 1. The Balaban J connectivity index is 1.33. The summed E-state index contributed by atoms with van der Waals surface area (Å²) in [6.45, 7) is 3.67. The van der Waals surface area contributed by atoms with E-state index in [9.17, 15) is 72.9 Å². The monoisotopic (exact) mass is 1390 g/mol. The van der Waals surface area contributed by atoms with E-state index in [1.165, 1.54) is 55.5 Å². The third-order valence-corrected chi connectivity index (χ3v) is 15.9. The lowest BCUT2D eigenvalue weighted by Crippen LogP contribution is -2.62. The van der Waals surface area contributed by atoms with Gasteiger partial charge in [-0.1, -0.05) is 86.6 Å². The SMILES string of the molecule is CC(=O)N[C@@H](Cc1ccc(O)cc1)C(=O)N[C@@H](CS)C(=O)N[C@@H](Cc1c[nH]c2ccccc12)C(=O)N[C@@H](CC(N)=O)C(=O)N[C@@H](CO)C(=O)N[C@@H](Cc1ccccc1)C(=O)N[C@@H](CS)C(=O)N[C@@H](CC(C)C)C(=O)N[C@@H](CCCNC(=N)N)C(=O)N[C@@H](Cc1ccc(O)cc1)C(N)=O. The Morgan fingerprint density at radius 3 is 1.38 bits per heavy atom. The van der Waals surface area contributed by atoms with Crippen LogP contribution in [0.4, 0.5) is 0 Å². The quantitative estimate of drug-likeness (QED) is 0.00820. The van der Waals surface area contributed by atoms with Crippen molar-refractivity contribution in [3.63, 3.8) is 0 Å². The molecule has 0 radical (unpaired) electrons. The van der Waals surface area contributed by atoms with Crippen LogP contribution in [0.15, 0.2) is 109 Å². The summed E-state index contributed by atoms with van der Waals surface area (Å²) >= 11 is 8.61. The number of fused-ring (bicyclic) bond motifs is 1. The molecule has 31 nitrogen and oxygen atoms in total. The molecule has 5 rings (SSSR count). The van der Waals surface area contributed by atoms with Gasteiger partial charge in [0, 0.05) is 67.8 Å². The molecule has 0 unspecified atom stereocenters. The Morgan fingerprint density at radius 2 is 0.878 bits per heavy atom. The summed E-state index contributed by atoms with van der Waals surface area (Å²) in [5.74, 6) is -12.8. The second-order valence-electron chi connectivity index (χ2n) is 23.5. The number of thiol groups is 2. The summed E-state index contributed by atoms with van der Waals surface area (Å²) in [5, 5.41) is 66.2. The van der Waals surface area contributed by atoms with Crippen molar-refractivity contribution in [3.05, 3.63) is 132 Å². The highest BCUT2D eigenvalue weighted by Crippen LogP contribution is 2.21. The lowest BCUT2D eigenvalue weighted by Gasteiger charge is -2.28. The van der Waals surface area contributed by atoms with Gasteiger partial charge in [0.25, 0.3) is 0 Å². The maximum absolute atomic E-state index is 14.5. The third kappa shape index (κ3) is 25.6. The number of aromatic nitrogens is 1. The van der Waals surface area contributed by atoms with E-state index in [4.69, 9.17) is 22.6 Å². The van der Waals surface area contributed by atoms with E-state index in [-0.39, 0.29) is 86.4 Å². The Bertz CT molecular complexity index is 3600. The zero-order valence-corrected chi connectivity index (χ0v) is 55.9. The van der Waals surface area contributed by atoms with Crippen molar-refractivity contribution in [2.75, 3.05) is 24.7 Å². The second kappa shape index (κ2) is 39.0. The van der Waals surface area contributed by atoms with Crippen LogP contribution in [0, 0.1) is 11.3 Å². The van der Waals surface area contributed by atoms with Gasteiger partial charge >= 0.3 is 0 Å². The van der Waals surface area contributed by atoms with Crippen LogP contribution in [-0.4, -0.2) is 182 Å². The van der Waals surface area contributed by atoms with Crippen LogP contribution >= 0.6 is 25.3 Å². The van der Waals surface area contributed by atoms with Crippen molar-refractivity contribution in [3.8, 4) is 11.5 Å². The number of aromatic amines is 1. The molecule has 33 heteroatoms. The van der Waals surface area contributed by atoms with Gasteiger partial charge in [0.05, 0.1) is 13.0 Å². The van der Waals surface area contributed by atoms with Gasteiger partial charge in [0.2, 0.25) is 70.9 Å². The number of para-hydroxylation sites is 1. The first kappa shape index (κ1) is 78.3. The molecular weight excluding hydrogens is 1310 g/mol. The number of carbonyl (C=O) groups is 12. The smallest absolute Gasteiger partial charge is 0.245 e. The lowest BCUT2D eigenvalue weighted by molar-refractivity contribution is -0.137. The van der Waals surface area contributed by atoms with E-state index in [2.05, 4.69) is 88.7 Å². The van der Waals surface area contributed by atoms with Crippen molar-refractivity contribution in [2.24, 2.45) is 23.1 Å². The lowest BCUT2D eigenvalue weighted by atomic mass is 10.0. The number of aliphatic hydroxyl groups excluding tert-OH is 1. The van der Waals surface area contributed by atoms with Crippen molar-refractivity contribution >= 4 is 113 Å². The van der Waals surface area contributed by atoms with Crippen molar-refractivity contribution in [2.45, 2.75) is 133 Å². The van der Waals surface area contributed by atoms with Crippen LogP contribution in [-0.2, 0) is 83.2 Å². The fraction of sp³-hybridized carbons (Fsp3) is 0.400. The van der Waals surface area contributed by atoms with E-state index in [0.29, 0.717) is 33.2 Å². The fourth-order valence-electron chi connectivity index (χ4n) is 10.1. The topological polar surface area (TPSA) is 516 Å². The number of phenolic OH excluding ortho intramolecular Hbond substituents is 2. The molecule has 0 saturated heterocycles. The number of hydrogen-bond donors (Lipinski definition) is 21. The number of carbonyl (C=O) groups excluding carboxylic acids is 12. The van der Waals surface area contributed by atoms with Gasteiger partial charge in [-0.2, -0.15) is 25.3 Å². The van der Waals surface area contributed by atoms with E-state index in [1.807, 2.05) is 0 Å². The molecule has 0 aliphatic rings. The maximum atomic E-state index is 14.5. The molecule has 0 saturated carbocycles. The standard InChI is InChI=1S/C65H86N16O15S2/c1-34(2)24-46(57(89)73-44(14-9-23-70-65(68)69)56(88)74-45(55(67)87)25-37-15-19-40(84)20-16-37)75-63(95)52(32-97)81-59(91)48(26-36-10-5-4-6-11-36)76-62(94)51(31-82)79-61(93)50(29-54(66)86)78-60(92)49(28-39-30-71-43-13-8-7-12-42(39)43)77-64(96)53(33-98)80-58(90)47(72-35(3)83)27-38-17-21-41(85)22-18-38/h4-8,10-13,15-22,30,34,44-53,71,82,84-85,97-98H,9,14,23-29,31-33H2,1-3H3,(H2,66,86)(H2,67,87)(H,72,83)(H,73,89)(H,74,88)(H,75,95)(H,76,94)(H,77,96)(H,78,92)(H,79,93)(H,80,90)(H,81,91)(H4,68,69,70)/t44-,45-,46-,47-,48-,49-,50-,51-,52-,53-/m0/s1. The molecular formula is C65H86N16O15S2. The molecule has 1 aromatic heterocycles. The number of rotatable bonds is 39. The average molecular weight is 1400 g/mol. The Morgan fingerprint density at radius 1 is 0.480 bits per heavy atom. The molecule has 0 bridgehead atoms. The average Bonchev–Trinajstić information content (AvgIpc) is 1.63. The summed E-state index contributed by atoms with van der Waals surface area (Å²) < 4.78 is 0. The summed E-state index contributed by atoms with van der Waals surface area (Å²) in [6, 6.07) is 11.8. The minimum absolute atomic E-state index is 0.00474. The molecule has 0 aliphatic heterocycles. The highest BCUT2D eigenvalue weighted by atomic mass is 32.1. The van der Waals surface area contributed by atoms with Gasteiger partial charge in [-0.25, -0.2) is 0 Å². The van der Waals surface area contributed by atoms with Gasteiger partial charge in [0.1, 0.15) is 71.9 Å². The van der Waals surface area contributed by atoms with Gasteiger partial charge in [-0.15, -0.1) is 0 Å². The second-order valence-corrected chi connectivity index (χ2v) is 24.3. The minimum atomic E-state index is -1.91. The van der Waals surface area contributed by atoms with E-state index < -0.39 is 144 Å². The number of primary amides is 2. The number of nitrogens with one attached hydrogen (secondary N) is 13. The number of guanidine groups is 1. The molecule has 528 valence electrons. The van der Waals surface area contributed by atoms with E-state index in [0.717, 1.165) is 0 Å². The number of benzene rings is 4. The number of H-pyrrole nitrogens is 1. The van der Waals surface area contributed by atoms with Gasteiger partial charge in [-0.3, -0.25) is 62.9 Å². The summed E-state index contributed by atoms with van der Waals surface area (Å²) in [5.41, 5.74) is 19.4. The zero-order valence-electron chi connectivity index (χ0n) is 54.1. The molecule has 22 N–H and O–H groups in total. The van der Waals surface area contributed by atoms with Crippen LogP contribution in [0.5, 0.6) is 11.5 Å². The molecule has 0 fully saturated rings. The van der Waals surface area contributed by atoms with Crippen LogP contribution < -0.4 is 75.7 Å². The Hall–Kier alpha value is -10.4. The first-order chi connectivity index (χ1) is 46.6. The number of aromatic hydroxyl groups is 2. The molecule has 1 heterocycles. The van der Waals surface area contributed by atoms with Crippen molar-refractivity contribution < 1.29 is 72.9 Å². The number of amides is 12.